The fourth-order valence-corrected chi connectivity index (χ4v) is 1.29. The third-order valence-corrected chi connectivity index (χ3v) is 2.24. The predicted octanol–water partition coefficient (Wildman–Crippen LogP) is -0.145. The van der Waals surface area contributed by atoms with E-state index >= 15 is 0 Å². The molecule has 1 heterocycles. The van der Waals surface area contributed by atoms with Gasteiger partial charge in [0.15, 0.2) is 0 Å². The van der Waals surface area contributed by atoms with E-state index < -0.39 is 11.9 Å². The van der Waals surface area contributed by atoms with Crippen LogP contribution in [0.15, 0.2) is 0 Å². The van der Waals surface area contributed by atoms with Crippen molar-refractivity contribution in [2.75, 3.05) is 0 Å². The fourth-order valence-electron chi connectivity index (χ4n) is 1.29. The van der Waals surface area contributed by atoms with Gasteiger partial charge >= 0.3 is 11.9 Å². The van der Waals surface area contributed by atoms with Gasteiger partial charge in [-0.1, -0.05) is 26.7 Å². The van der Waals surface area contributed by atoms with E-state index in [-0.39, 0.29) is 33.1 Å². The zero-order valence-corrected chi connectivity index (χ0v) is 10.8. The zero-order chi connectivity index (χ0) is 10.6. The molecule has 90 valence electrons. The second kappa shape index (κ2) is 6.93. The quantitative estimate of drug-likeness (QED) is 0.646. The van der Waals surface area contributed by atoms with Gasteiger partial charge in [-0.25, -0.2) is 9.59 Å². The number of nitrogens with one attached hydrogen (secondary N) is 2. The predicted molar refractivity (Wildman–Crippen MR) is 46.3 cm³/mol. The molecule has 1 rings (SSSR count). The molecule has 0 amide bonds. The first kappa shape index (κ1) is 14.5. The first-order valence-corrected chi connectivity index (χ1v) is 4.62. The van der Waals surface area contributed by atoms with Gasteiger partial charge in [-0.05, 0) is 5.92 Å². The van der Waals surface area contributed by atoms with E-state index in [2.05, 4.69) is 20.6 Å². The summed E-state index contributed by atoms with van der Waals surface area (Å²) < 4.78 is 0. The molecule has 0 aromatic rings. The average molecular weight is 397 g/mol. The maximum absolute atomic E-state index is 10.8. The summed E-state index contributed by atoms with van der Waals surface area (Å²) in [5.74, 6) is -1.84. The summed E-state index contributed by atoms with van der Waals surface area (Å²) in [4.78, 5) is 30.5. The number of carbonyl (C=O) groups is 2. The fraction of sp³-hybridized carbons (Fsp3) is 0.750. The minimum absolute atomic E-state index is 0. The van der Waals surface area contributed by atoms with Crippen molar-refractivity contribution in [3.63, 3.8) is 0 Å². The van der Waals surface area contributed by atoms with Gasteiger partial charge in [-0.3, -0.25) is 0 Å². The molecule has 0 aromatic carbocycles. The Morgan fingerprint density at radius 1 is 1.13 bits per heavy atom. The van der Waals surface area contributed by atoms with Gasteiger partial charge in [0.05, 0.1) is 0 Å². The van der Waals surface area contributed by atoms with Gasteiger partial charge in [0.1, 0.15) is 6.17 Å². The molecule has 0 bridgehead atoms. The Kier molecular flexibility index (Phi) is 6.72. The van der Waals surface area contributed by atoms with E-state index in [9.17, 15) is 9.59 Å². The minimum atomic E-state index is -1.04. The summed E-state index contributed by atoms with van der Waals surface area (Å²) in [5.41, 5.74) is 4.91. The Morgan fingerprint density at radius 3 is 1.87 bits per heavy atom. The first-order chi connectivity index (χ1) is 6.69. The van der Waals surface area contributed by atoms with Gasteiger partial charge in [-0.2, -0.15) is 0 Å². The molecule has 0 spiro atoms. The normalized spacial score (nSPS) is 17.8. The van der Waals surface area contributed by atoms with Crippen LogP contribution in [0.2, 0.25) is 0 Å². The van der Waals surface area contributed by atoms with Gasteiger partial charge in [0.2, 0.25) is 0 Å². The number of hydroxylamine groups is 2. The summed E-state index contributed by atoms with van der Waals surface area (Å²) in [6.45, 7) is 4.01. The van der Waals surface area contributed by atoms with Crippen LogP contribution >= 0.6 is 0 Å². The van der Waals surface area contributed by atoms with Crippen LogP contribution in [0.3, 0.4) is 0 Å². The minimum Gasteiger partial charge on any atom is -0.360 e. The average Bonchev–Trinajstić information content (AvgIpc) is 2.35. The molecule has 1 aliphatic rings. The van der Waals surface area contributed by atoms with Crippen LogP contribution in [0, 0.1) is 5.92 Å². The van der Waals surface area contributed by atoms with Crippen LogP contribution in [0.25, 0.3) is 0 Å². The number of rotatable bonds is 3. The van der Waals surface area contributed by atoms with Crippen LogP contribution in [0.5, 0.6) is 0 Å². The summed E-state index contributed by atoms with van der Waals surface area (Å²) in [6, 6.07) is 0. The van der Waals surface area contributed by atoms with Crippen molar-refractivity contribution in [1.29, 1.82) is 0 Å². The topological polar surface area (TPSA) is 76.7 Å². The van der Waals surface area contributed by atoms with E-state index in [0.29, 0.717) is 0 Å². The zero-order valence-electron chi connectivity index (χ0n) is 8.52. The van der Waals surface area contributed by atoms with E-state index in [1.54, 1.807) is 0 Å². The maximum Gasteiger partial charge on any atom is 0.437 e. The Hall–Kier alpha value is -0.452. The summed E-state index contributed by atoms with van der Waals surface area (Å²) in [5, 5.41) is 0. The van der Waals surface area contributed by atoms with Crippen LogP contribution in [0.1, 0.15) is 26.7 Å². The van der Waals surface area contributed by atoms with Crippen LogP contribution < -0.4 is 11.0 Å². The maximum atomic E-state index is 10.8. The molecule has 6 nitrogen and oxygen atoms in total. The standard InChI is InChI=1S/C8H14N2O4.Pt/c1-3-5(4-2)6-9-13-7(11)8(12)14-10-6;/h5-6,9-10H,3-4H2,1-2H3;. The number of hydrogen-bond acceptors (Lipinski definition) is 6. The van der Waals surface area contributed by atoms with E-state index in [1.807, 2.05) is 13.8 Å². The Morgan fingerprint density at radius 2 is 1.53 bits per heavy atom. The molecule has 1 saturated heterocycles. The van der Waals surface area contributed by atoms with Gasteiger partial charge in [-0.15, -0.1) is 11.0 Å². The van der Waals surface area contributed by atoms with Crippen LogP contribution in [-0.4, -0.2) is 18.1 Å². The van der Waals surface area contributed by atoms with Crippen molar-refractivity contribution in [2.45, 2.75) is 32.9 Å². The summed E-state index contributed by atoms with van der Waals surface area (Å²) in [7, 11) is 0. The smallest absolute Gasteiger partial charge is 0.360 e. The van der Waals surface area contributed by atoms with Crippen molar-refractivity contribution >= 4 is 11.9 Å². The number of hydrogen-bond donors (Lipinski definition) is 2. The SMILES string of the molecule is CCC(CC)C1NOC(=O)C(=O)ON1.[Pt]. The Labute approximate surface area is 102 Å². The van der Waals surface area contributed by atoms with Crippen molar-refractivity contribution in [1.82, 2.24) is 11.0 Å². The molecule has 0 aliphatic carbocycles. The molecule has 0 atom stereocenters. The van der Waals surface area contributed by atoms with E-state index in [4.69, 9.17) is 0 Å². The second-order valence-electron chi connectivity index (χ2n) is 3.07. The largest absolute Gasteiger partial charge is 0.437 e. The summed E-state index contributed by atoms with van der Waals surface area (Å²) in [6.07, 6.45) is 1.42. The van der Waals surface area contributed by atoms with Gasteiger partial charge < -0.3 is 9.68 Å². The van der Waals surface area contributed by atoms with Gasteiger partial charge in [0.25, 0.3) is 0 Å². The van der Waals surface area contributed by atoms with Gasteiger partial charge in [0, 0.05) is 21.1 Å². The molecule has 1 fully saturated rings. The van der Waals surface area contributed by atoms with Crippen molar-refractivity contribution in [2.24, 2.45) is 5.92 Å². The molecular formula is C8H14N2O4Pt. The third kappa shape index (κ3) is 3.89. The number of carbonyl (C=O) groups excluding carboxylic acids is 2. The monoisotopic (exact) mass is 397 g/mol. The van der Waals surface area contributed by atoms with Crippen LogP contribution in [0.4, 0.5) is 0 Å². The third-order valence-electron chi connectivity index (χ3n) is 2.24. The van der Waals surface area contributed by atoms with E-state index in [1.165, 1.54) is 0 Å². The van der Waals surface area contributed by atoms with Crippen LogP contribution in [-0.2, 0) is 40.3 Å². The molecule has 0 unspecified atom stereocenters. The molecule has 2 N–H and O–H groups in total. The molecule has 0 saturated carbocycles. The Bertz CT molecular complexity index is 215. The van der Waals surface area contributed by atoms with Crippen molar-refractivity contribution in [3.8, 4) is 0 Å². The molecule has 0 aromatic heterocycles. The summed E-state index contributed by atoms with van der Waals surface area (Å²) >= 11 is 0. The van der Waals surface area contributed by atoms with Crippen molar-refractivity contribution in [3.05, 3.63) is 0 Å². The molecular weight excluding hydrogens is 383 g/mol. The van der Waals surface area contributed by atoms with Crippen molar-refractivity contribution < 1.29 is 40.3 Å². The van der Waals surface area contributed by atoms with E-state index in [0.717, 1.165) is 12.8 Å². The second-order valence-corrected chi connectivity index (χ2v) is 3.07. The molecule has 7 heteroatoms. The Balaban J connectivity index is 0.00000196. The molecule has 15 heavy (non-hydrogen) atoms. The first-order valence-electron chi connectivity index (χ1n) is 4.62. The molecule has 0 radical (unpaired) electrons. The molecule has 1 aliphatic heterocycles.